The van der Waals surface area contributed by atoms with Crippen LogP contribution < -0.4 is 9.47 Å². The summed E-state index contributed by atoms with van der Waals surface area (Å²) in [7, 11) is 0. The van der Waals surface area contributed by atoms with Gasteiger partial charge in [-0.05, 0) is 49.1 Å². The number of hydrogen-bond donors (Lipinski definition) is 0. The Hall–Kier alpha value is -2.44. The minimum absolute atomic E-state index is 0.185. The van der Waals surface area contributed by atoms with Gasteiger partial charge in [-0.15, -0.1) is 0 Å². The van der Waals surface area contributed by atoms with Gasteiger partial charge in [0.25, 0.3) is 0 Å². The van der Waals surface area contributed by atoms with Gasteiger partial charge in [-0.2, -0.15) is 0 Å². The van der Waals surface area contributed by atoms with Gasteiger partial charge in [0.15, 0.2) is 11.9 Å². The number of benzene rings is 2. The van der Waals surface area contributed by atoms with Crippen molar-refractivity contribution in [3.05, 3.63) is 63.3 Å². The van der Waals surface area contributed by atoms with Crippen molar-refractivity contribution >= 4 is 33.8 Å². The molecule has 1 unspecified atom stereocenters. The molecule has 0 aliphatic carbocycles. The first-order valence-electron chi connectivity index (χ1n) is 8.69. The second-order valence-corrected chi connectivity index (χ2v) is 7.35. The Morgan fingerprint density at radius 3 is 2.85 bits per heavy atom. The van der Waals surface area contributed by atoms with E-state index in [4.69, 9.17) is 14.2 Å². The Balaban J connectivity index is 1.60. The topological polar surface area (TPSA) is 61.8 Å². The van der Waals surface area contributed by atoms with Crippen molar-refractivity contribution in [1.29, 1.82) is 0 Å². The van der Waals surface area contributed by atoms with Crippen LogP contribution in [-0.2, 0) is 9.53 Å². The number of carbonyl (C=O) groups is 2. The minimum atomic E-state index is -0.521. The van der Waals surface area contributed by atoms with Crippen molar-refractivity contribution in [3.63, 3.8) is 0 Å². The van der Waals surface area contributed by atoms with Crippen molar-refractivity contribution in [3.8, 4) is 11.5 Å². The van der Waals surface area contributed by atoms with Gasteiger partial charge in [-0.3, -0.25) is 4.79 Å². The second kappa shape index (κ2) is 7.29. The second-order valence-electron chi connectivity index (χ2n) is 6.50. The number of fused-ring (bicyclic) bond motifs is 1. The molecule has 0 spiro atoms. The van der Waals surface area contributed by atoms with Crippen molar-refractivity contribution < 1.29 is 23.8 Å². The third-order valence-corrected chi connectivity index (χ3v) is 5.27. The van der Waals surface area contributed by atoms with E-state index in [2.05, 4.69) is 15.9 Å². The lowest BCUT2D eigenvalue weighted by Crippen LogP contribution is -2.24. The average molecular weight is 429 g/mol. The minimum Gasteiger partial charge on any atom is -0.452 e. The lowest BCUT2D eigenvalue weighted by Gasteiger charge is -2.11. The van der Waals surface area contributed by atoms with Gasteiger partial charge in [0.1, 0.15) is 11.5 Å². The van der Waals surface area contributed by atoms with E-state index in [1.165, 1.54) is 0 Å². The standard InChI is InChI=1S/C21H17BrO5/c1-12-9-14(26-21(24)16-7-4-8-25-16)11-17-19(12)20(23)18(27-17)10-13-5-2-3-6-15(13)22/h2-3,5-6,9-11,16H,4,7-8H2,1H3/b18-10-. The van der Waals surface area contributed by atoms with E-state index in [1.807, 2.05) is 24.3 Å². The first-order chi connectivity index (χ1) is 13.0. The first-order valence-corrected chi connectivity index (χ1v) is 9.49. The fourth-order valence-electron chi connectivity index (χ4n) is 3.22. The summed E-state index contributed by atoms with van der Waals surface area (Å²) in [4.78, 5) is 24.9. The fraction of sp³-hybridized carbons (Fsp3) is 0.238. The highest BCUT2D eigenvalue weighted by atomic mass is 79.9. The van der Waals surface area contributed by atoms with Gasteiger partial charge in [0.2, 0.25) is 5.78 Å². The van der Waals surface area contributed by atoms with E-state index in [0.29, 0.717) is 35.7 Å². The van der Waals surface area contributed by atoms with Crippen molar-refractivity contribution in [1.82, 2.24) is 0 Å². The smallest absolute Gasteiger partial charge is 0.340 e. The molecule has 0 amide bonds. The quantitative estimate of drug-likeness (QED) is 0.410. The van der Waals surface area contributed by atoms with Crippen LogP contribution in [0.4, 0.5) is 0 Å². The molecule has 0 saturated carbocycles. The van der Waals surface area contributed by atoms with Crippen LogP contribution >= 0.6 is 15.9 Å². The van der Waals surface area contributed by atoms with Crippen LogP contribution in [0, 0.1) is 6.92 Å². The molecule has 2 aromatic carbocycles. The number of ketones is 1. The zero-order valence-corrected chi connectivity index (χ0v) is 16.2. The number of halogens is 1. The maximum Gasteiger partial charge on any atom is 0.340 e. The molecule has 0 bridgehead atoms. The van der Waals surface area contributed by atoms with Gasteiger partial charge in [0, 0.05) is 17.1 Å². The van der Waals surface area contributed by atoms with Crippen LogP contribution in [0.3, 0.4) is 0 Å². The molecular formula is C21H17BrO5. The summed E-state index contributed by atoms with van der Waals surface area (Å²) in [5, 5.41) is 0. The predicted octanol–water partition coefficient (Wildman–Crippen LogP) is 4.46. The molecule has 27 heavy (non-hydrogen) atoms. The fourth-order valence-corrected chi connectivity index (χ4v) is 3.61. The zero-order chi connectivity index (χ0) is 19.0. The third kappa shape index (κ3) is 3.55. The molecule has 0 aromatic heterocycles. The van der Waals surface area contributed by atoms with Crippen LogP contribution in [0.1, 0.15) is 34.3 Å². The first kappa shape index (κ1) is 17.9. The molecule has 2 heterocycles. The van der Waals surface area contributed by atoms with E-state index in [-0.39, 0.29) is 11.5 Å². The van der Waals surface area contributed by atoms with Crippen LogP contribution in [0.2, 0.25) is 0 Å². The van der Waals surface area contributed by atoms with Gasteiger partial charge < -0.3 is 14.2 Å². The zero-order valence-electron chi connectivity index (χ0n) is 14.7. The van der Waals surface area contributed by atoms with E-state index in [1.54, 1.807) is 25.1 Å². The highest BCUT2D eigenvalue weighted by Crippen LogP contribution is 2.38. The van der Waals surface area contributed by atoms with E-state index >= 15 is 0 Å². The van der Waals surface area contributed by atoms with Crippen LogP contribution in [0.25, 0.3) is 6.08 Å². The molecule has 1 saturated heterocycles. The van der Waals surface area contributed by atoms with Gasteiger partial charge >= 0.3 is 5.97 Å². The van der Waals surface area contributed by atoms with Gasteiger partial charge in [-0.1, -0.05) is 34.1 Å². The number of Topliss-reactive ketones (excluding diaryl/α,β-unsaturated/α-hetero) is 1. The molecule has 2 aliphatic heterocycles. The number of rotatable bonds is 3. The van der Waals surface area contributed by atoms with Crippen LogP contribution in [0.15, 0.2) is 46.6 Å². The summed E-state index contributed by atoms with van der Waals surface area (Å²) in [6.45, 7) is 2.37. The maximum atomic E-state index is 12.7. The Bertz CT molecular complexity index is 957. The molecule has 4 rings (SSSR count). The molecule has 6 heteroatoms. The predicted molar refractivity (Wildman–Crippen MR) is 103 cm³/mol. The van der Waals surface area contributed by atoms with Gasteiger partial charge in [0.05, 0.1) is 5.56 Å². The SMILES string of the molecule is Cc1cc(OC(=O)C2CCCO2)cc2c1C(=O)/C(=C/c1ccccc1Br)O2. The Labute approximate surface area is 165 Å². The monoisotopic (exact) mass is 428 g/mol. The summed E-state index contributed by atoms with van der Waals surface area (Å²) in [6, 6.07) is 10.8. The third-order valence-electron chi connectivity index (χ3n) is 4.55. The summed E-state index contributed by atoms with van der Waals surface area (Å²) in [6.07, 6.45) is 2.69. The van der Waals surface area contributed by atoms with E-state index < -0.39 is 12.1 Å². The summed E-state index contributed by atoms with van der Waals surface area (Å²) in [5.41, 5.74) is 2.03. The Morgan fingerprint density at radius 2 is 2.11 bits per heavy atom. The van der Waals surface area contributed by atoms with Crippen molar-refractivity contribution in [2.24, 2.45) is 0 Å². The molecule has 0 N–H and O–H groups in total. The summed E-state index contributed by atoms with van der Waals surface area (Å²) < 4.78 is 17.4. The lowest BCUT2D eigenvalue weighted by atomic mass is 10.0. The number of aryl methyl sites for hydroxylation is 1. The van der Waals surface area contributed by atoms with Gasteiger partial charge in [-0.25, -0.2) is 4.79 Å². The van der Waals surface area contributed by atoms with E-state index in [0.717, 1.165) is 16.5 Å². The number of ether oxygens (including phenoxy) is 3. The van der Waals surface area contributed by atoms with Crippen molar-refractivity contribution in [2.75, 3.05) is 6.61 Å². The number of esters is 1. The molecule has 138 valence electrons. The summed E-state index contributed by atoms with van der Waals surface area (Å²) >= 11 is 3.46. The molecular weight excluding hydrogens is 412 g/mol. The lowest BCUT2D eigenvalue weighted by molar-refractivity contribution is -0.144. The average Bonchev–Trinajstić information content (AvgIpc) is 3.26. The number of hydrogen-bond acceptors (Lipinski definition) is 5. The number of allylic oxidation sites excluding steroid dienone is 1. The maximum absolute atomic E-state index is 12.7. The number of carbonyl (C=O) groups excluding carboxylic acids is 2. The molecule has 2 aromatic rings. The molecule has 1 fully saturated rings. The van der Waals surface area contributed by atoms with Crippen LogP contribution in [0.5, 0.6) is 11.5 Å². The Kier molecular flexibility index (Phi) is 4.85. The largest absolute Gasteiger partial charge is 0.452 e. The van der Waals surface area contributed by atoms with Crippen LogP contribution in [-0.4, -0.2) is 24.5 Å². The molecule has 0 radical (unpaired) electrons. The highest BCUT2D eigenvalue weighted by Gasteiger charge is 2.31. The summed E-state index contributed by atoms with van der Waals surface area (Å²) in [5.74, 6) is 0.383. The Morgan fingerprint density at radius 1 is 1.30 bits per heavy atom. The molecule has 2 aliphatic rings. The normalized spacial score (nSPS) is 19.9. The molecule has 1 atom stereocenters. The van der Waals surface area contributed by atoms with E-state index in [9.17, 15) is 9.59 Å². The highest BCUT2D eigenvalue weighted by molar-refractivity contribution is 9.10. The van der Waals surface area contributed by atoms with Crippen molar-refractivity contribution in [2.45, 2.75) is 25.9 Å². The molecule has 5 nitrogen and oxygen atoms in total.